The molecular formula is C32H59F3N3O5S2Y-. The zero-order valence-corrected chi connectivity index (χ0v) is 35.4. The Morgan fingerprint density at radius 2 is 0.978 bits per heavy atom. The standard InChI is InChI=1S/C11H15NO.C6H10F3NO.C6H13NO.C5H12S.C4H9O2S.Y/c1-11(2,12-3)10(13)9-7-5-4-6-8-9;1-5(2,10-3)4(11)6(7,8)9;1-5(8)6(2,3)7-4;1-5(2,3)6-4;1-4(2,3)7(5)6;/h4-8,12H,1-3H3;10H,1-3H3;7H,1-4H3;1-4H3;1-3H3;/q;;;;-1;. The molecule has 269 valence electrons. The summed E-state index contributed by atoms with van der Waals surface area (Å²) in [7, 11) is 2.95. The van der Waals surface area contributed by atoms with Gasteiger partial charge >= 0.3 is 6.18 Å². The number of nitrogens with one attached hydrogen (secondary N) is 3. The normalized spacial score (nSPS) is 11.8. The van der Waals surface area contributed by atoms with Gasteiger partial charge in [0, 0.05) is 43.0 Å². The number of likely N-dealkylation sites (N-methyl/N-ethyl adjacent to an activating group) is 3. The van der Waals surface area contributed by atoms with Crippen LogP contribution in [-0.2, 0) is 61.4 Å². The molecule has 1 rings (SSSR count). The van der Waals surface area contributed by atoms with Crippen molar-refractivity contribution in [3.8, 4) is 0 Å². The van der Waals surface area contributed by atoms with Crippen molar-refractivity contribution in [1.29, 1.82) is 0 Å². The molecule has 0 atom stereocenters. The number of rotatable bonds is 7. The van der Waals surface area contributed by atoms with Gasteiger partial charge in [-0.25, -0.2) is 0 Å². The van der Waals surface area contributed by atoms with Gasteiger partial charge in [0.05, 0.1) is 16.6 Å². The van der Waals surface area contributed by atoms with Gasteiger partial charge in [-0.3, -0.25) is 14.4 Å². The van der Waals surface area contributed by atoms with Crippen molar-refractivity contribution < 1.29 is 68.7 Å². The van der Waals surface area contributed by atoms with Gasteiger partial charge in [-0.2, -0.15) is 24.9 Å². The molecule has 0 aliphatic carbocycles. The van der Waals surface area contributed by atoms with E-state index in [1.807, 2.05) is 69.8 Å². The molecule has 0 amide bonds. The topological polar surface area (TPSA) is 121 Å². The van der Waals surface area contributed by atoms with E-state index in [1.165, 1.54) is 20.9 Å². The summed E-state index contributed by atoms with van der Waals surface area (Å²) in [6.07, 6.45) is -2.63. The van der Waals surface area contributed by atoms with Crippen molar-refractivity contribution in [2.75, 3.05) is 27.4 Å². The van der Waals surface area contributed by atoms with Crippen LogP contribution in [0.2, 0.25) is 0 Å². The van der Waals surface area contributed by atoms with Crippen LogP contribution in [0.25, 0.3) is 0 Å². The molecule has 0 spiro atoms. The Labute approximate surface area is 308 Å². The van der Waals surface area contributed by atoms with E-state index in [-0.39, 0.29) is 49.8 Å². The van der Waals surface area contributed by atoms with Crippen LogP contribution in [0, 0.1) is 0 Å². The second-order valence-corrected chi connectivity index (χ2v) is 16.7. The van der Waals surface area contributed by atoms with E-state index in [2.05, 4.69) is 43.0 Å². The third-order valence-electron chi connectivity index (χ3n) is 6.30. The van der Waals surface area contributed by atoms with E-state index in [0.29, 0.717) is 4.75 Å². The Morgan fingerprint density at radius 3 is 1.13 bits per heavy atom. The molecule has 0 aliphatic heterocycles. The summed E-state index contributed by atoms with van der Waals surface area (Å²) in [6, 6.07) is 9.32. The summed E-state index contributed by atoms with van der Waals surface area (Å²) in [4.78, 5) is 33.0. The Hall–Kier alpha value is -0.696. The summed E-state index contributed by atoms with van der Waals surface area (Å²) in [5.74, 6) is -1.47. The first kappa shape index (κ1) is 54.7. The molecule has 14 heteroatoms. The average molecular weight is 776 g/mol. The number of ketones is 3. The van der Waals surface area contributed by atoms with Crippen molar-refractivity contribution >= 4 is 39.8 Å². The fraction of sp³-hybridized carbons (Fsp3) is 0.719. The molecule has 0 aromatic heterocycles. The summed E-state index contributed by atoms with van der Waals surface area (Å²) < 4.78 is 55.1. The number of Topliss-reactive ketones (excluding diaryl/α,β-unsaturated/α-hetero) is 3. The molecule has 3 N–H and O–H groups in total. The number of carbonyl (C=O) groups is 3. The van der Waals surface area contributed by atoms with Crippen molar-refractivity contribution in [3.05, 3.63) is 35.9 Å². The SMILES string of the molecule is CC(C)(C)[S-](=O)=O.CNC(C)(C)C(=O)C(F)(F)F.CNC(C)(C)C(=O)c1ccccc1.CNC(C)(C)C(C)=O.CSC(C)(C)C.[Y]. The molecule has 0 bridgehead atoms. The molecule has 0 saturated carbocycles. The van der Waals surface area contributed by atoms with Crippen LogP contribution >= 0.6 is 11.8 Å². The Balaban J connectivity index is -0.000000156. The van der Waals surface area contributed by atoms with E-state index < -0.39 is 38.5 Å². The summed E-state index contributed by atoms with van der Waals surface area (Å²) >= 11 is 1.88. The minimum Gasteiger partial charge on any atom is -0.424 e. The number of hydrogen-bond acceptors (Lipinski definition) is 10. The van der Waals surface area contributed by atoms with Gasteiger partial charge in [-0.1, -0.05) is 87.3 Å². The van der Waals surface area contributed by atoms with Gasteiger partial charge in [0.25, 0.3) is 5.78 Å². The van der Waals surface area contributed by atoms with E-state index in [0.717, 1.165) is 5.56 Å². The predicted molar refractivity (Wildman–Crippen MR) is 184 cm³/mol. The quantitative estimate of drug-likeness (QED) is 0.203. The average Bonchev–Trinajstić information content (AvgIpc) is 2.92. The van der Waals surface area contributed by atoms with Gasteiger partial charge in [-0.15, -0.1) is 0 Å². The smallest absolute Gasteiger partial charge is 0.424 e. The number of carbonyl (C=O) groups excluding carboxylic acids is 3. The Morgan fingerprint density at radius 1 is 0.674 bits per heavy atom. The molecule has 0 unspecified atom stereocenters. The molecular weight excluding hydrogens is 716 g/mol. The number of halogens is 3. The predicted octanol–water partition coefficient (Wildman–Crippen LogP) is 6.80. The van der Waals surface area contributed by atoms with Gasteiger partial charge in [0.15, 0.2) is 5.78 Å². The number of hydrogen-bond donors (Lipinski definition) is 3. The maximum absolute atomic E-state index is 11.8. The second kappa shape index (κ2) is 23.6. The molecule has 1 aromatic rings. The molecule has 0 aliphatic rings. The molecule has 1 radical (unpaired) electrons. The maximum atomic E-state index is 11.8. The van der Waals surface area contributed by atoms with Gasteiger partial charge in [-0.05, 0) is 75.9 Å². The van der Waals surface area contributed by atoms with Crippen LogP contribution in [-0.4, -0.2) is 77.0 Å². The van der Waals surface area contributed by atoms with E-state index in [9.17, 15) is 36.0 Å². The molecule has 1 aromatic carbocycles. The van der Waals surface area contributed by atoms with Crippen molar-refractivity contribution in [3.63, 3.8) is 0 Å². The van der Waals surface area contributed by atoms with Gasteiger partial charge in [0.2, 0.25) is 0 Å². The van der Waals surface area contributed by atoms with Crippen LogP contribution in [0.5, 0.6) is 0 Å². The molecule has 0 heterocycles. The van der Waals surface area contributed by atoms with E-state index in [1.54, 1.807) is 41.8 Å². The second-order valence-electron chi connectivity index (χ2n) is 13.4. The maximum Gasteiger partial charge on any atom is 0.451 e. The van der Waals surface area contributed by atoms with Crippen LogP contribution < -0.4 is 16.0 Å². The summed E-state index contributed by atoms with van der Waals surface area (Å²) in [5, 5.41) is 8.16. The van der Waals surface area contributed by atoms with Crippen molar-refractivity contribution in [2.45, 2.75) is 122 Å². The zero-order valence-electron chi connectivity index (χ0n) is 31.0. The fourth-order valence-corrected chi connectivity index (χ4v) is 1.71. The molecule has 46 heavy (non-hydrogen) atoms. The van der Waals surface area contributed by atoms with Crippen molar-refractivity contribution in [1.82, 2.24) is 16.0 Å². The van der Waals surface area contributed by atoms with Gasteiger partial charge < -0.3 is 24.4 Å². The first-order chi connectivity index (χ1) is 19.8. The van der Waals surface area contributed by atoms with Crippen LogP contribution in [0.3, 0.4) is 0 Å². The zero-order chi connectivity index (χ0) is 37.3. The third kappa shape index (κ3) is 27.3. The molecule has 0 fully saturated rings. The summed E-state index contributed by atoms with van der Waals surface area (Å²) in [5.41, 5.74) is -1.61. The Kier molecular flexibility index (Phi) is 28.1. The summed E-state index contributed by atoms with van der Waals surface area (Å²) in [6.45, 7) is 23.0. The van der Waals surface area contributed by atoms with Gasteiger partial charge in [0.1, 0.15) is 5.78 Å². The van der Waals surface area contributed by atoms with Crippen LogP contribution in [0.15, 0.2) is 30.3 Å². The largest absolute Gasteiger partial charge is 0.451 e. The van der Waals surface area contributed by atoms with Crippen LogP contribution in [0.1, 0.15) is 100 Å². The number of benzene rings is 1. The first-order valence-corrected chi connectivity index (χ1v) is 16.5. The first-order valence-electron chi connectivity index (χ1n) is 14.2. The number of alkyl halides is 3. The van der Waals surface area contributed by atoms with E-state index in [4.69, 9.17) is 0 Å². The minimum absolute atomic E-state index is 0. The minimum atomic E-state index is -4.76. The molecule has 8 nitrogen and oxygen atoms in total. The number of thioether (sulfide) groups is 1. The molecule has 0 saturated heterocycles. The fourth-order valence-electron chi connectivity index (χ4n) is 1.71. The van der Waals surface area contributed by atoms with Crippen molar-refractivity contribution in [2.24, 2.45) is 0 Å². The van der Waals surface area contributed by atoms with E-state index >= 15 is 0 Å². The monoisotopic (exact) mass is 775 g/mol. The Bertz CT molecular complexity index is 1090. The van der Waals surface area contributed by atoms with Crippen LogP contribution in [0.4, 0.5) is 13.2 Å². The third-order valence-corrected chi connectivity index (χ3v) is 8.52.